The maximum Gasteiger partial charge on any atom is 0.266 e. The number of rotatable bonds is 15. The molecule has 0 amide bonds. The number of unbranched alkanes of at least 4 members (excludes halogenated alkanes) is 1. The molecular formula is C31H34F2O4. The van der Waals surface area contributed by atoms with Gasteiger partial charge < -0.3 is 19.3 Å². The van der Waals surface area contributed by atoms with E-state index in [1.807, 2.05) is 48.5 Å². The van der Waals surface area contributed by atoms with Crippen LogP contribution in [0, 0.1) is 0 Å². The fourth-order valence-electron chi connectivity index (χ4n) is 3.92. The van der Waals surface area contributed by atoms with Crippen molar-refractivity contribution in [3.05, 3.63) is 96.6 Å². The Balaban J connectivity index is 1.87. The van der Waals surface area contributed by atoms with Gasteiger partial charge in [-0.3, -0.25) is 0 Å². The molecule has 1 N–H and O–H groups in total. The van der Waals surface area contributed by atoms with Crippen LogP contribution in [0.15, 0.2) is 91.0 Å². The lowest BCUT2D eigenvalue weighted by atomic mass is 9.92. The second-order valence-corrected chi connectivity index (χ2v) is 8.66. The molecule has 0 aliphatic heterocycles. The second kappa shape index (κ2) is 14.9. The fourth-order valence-corrected chi connectivity index (χ4v) is 3.92. The van der Waals surface area contributed by atoms with Gasteiger partial charge in [-0.1, -0.05) is 49.0 Å². The first-order valence-corrected chi connectivity index (χ1v) is 12.4. The van der Waals surface area contributed by atoms with E-state index in [2.05, 4.69) is 24.8 Å². The zero-order valence-corrected chi connectivity index (χ0v) is 21.2. The van der Waals surface area contributed by atoms with Crippen molar-refractivity contribution < 1.29 is 28.1 Å². The number of methoxy groups -OCH3 is 1. The van der Waals surface area contributed by atoms with Crippen LogP contribution in [0.25, 0.3) is 22.3 Å². The van der Waals surface area contributed by atoms with Crippen molar-refractivity contribution >= 4 is 0 Å². The van der Waals surface area contributed by atoms with E-state index in [0.29, 0.717) is 45.5 Å². The largest absolute Gasteiger partial charge is 0.493 e. The molecule has 3 rings (SSSR count). The van der Waals surface area contributed by atoms with Gasteiger partial charge in [0.15, 0.2) is 0 Å². The summed E-state index contributed by atoms with van der Waals surface area (Å²) < 4.78 is 41.8. The first-order valence-electron chi connectivity index (χ1n) is 12.4. The van der Waals surface area contributed by atoms with Crippen molar-refractivity contribution in [1.29, 1.82) is 0 Å². The lowest BCUT2D eigenvalue weighted by Crippen LogP contribution is -2.04. The molecule has 6 heteroatoms. The number of benzene rings is 3. The van der Waals surface area contributed by atoms with Gasteiger partial charge in [0, 0.05) is 13.5 Å². The molecule has 0 aliphatic carbocycles. The van der Waals surface area contributed by atoms with Gasteiger partial charge in [0.1, 0.15) is 18.1 Å². The molecule has 3 aromatic carbocycles. The third kappa shape index (κ3) is 9.16. The summed E-state index contributed by atoms with van der Waals surface area (Å²) in [7, 11) is 1.63. The number of aryl methyl sites for hydroxylation is 1. The Labute approximate surface area is 217 Å². The quantitative estimate of drug-likeness (QED) is 0.171. The number of halogens is 2. The van der Waals surface area contributed by atoms with Gasteiger partial charge in [0.05, 0.1) is 19.8 Å². The van der Waals surface area contributed by atoms with Crippen LogP contribution in [0.3, 0.4) is 0 Å². The van der Waals surface area contributed by atoms with Crippen molar-refractivity contribution in [2.75, 3.05) is 33.5 Å². The molecule has 0 spiro atoms. The van der Waals surface area contributed by atoms with Gasteiger partial charge in [0.2, 0.25) is 0 Å². The SMILES string of the molecule is C=C(CO)CCOc1cccc(-c2ccc(-c3cccc(OCCOC)c3)c(CCCC=C(F)F)c2)c1. The number of aliphatic hydroxyl groups excluding tert-OH is 1. The number of allylic oxidation sites excluding steroid dienone is 1. The minimum absolute atomic E-state index is 0.0471. The Morgan fingerprint density at radius 3 is 2.24 bits per heavy atom. The molecule has 3 aromatic rings. The molecule has 0 saturated carbocycles. The Hall–Kier alpha value is -3.48. The summed E-state index contributed by atoms with van der Waals surface area (Å²) in [6, 6.07) is 22.0. The average molecular weight is 509 g/mol. The molecular weight excluding hydrogens is 474 g/mol. The summed E-state index contributed by atoms with van der Waals surface area (Å²) in [5.41, 5.74) is 5.86. The standard InChI is InChI=1S/C31H34F2O4/c1-23(22-34)15-16-36-28-10-5-8-24(20-28)25-13-14-30(26(19-25)7-3-4-12-31(32)33)27-9-6-11-29(21-27)37-18-17-35-2/h5-6,8-14,19-21,34H,1,3-4,7,15-18,22H2,2H3. The Bertz CT molecular complexity index is 1190. The van der Waals surface area contributed by atoms with E-state index in [4.69, 9.17) is 19.3 Å². The molecule has 0 aliphatic rings. The molecule has 0 atom stereocenters. The highest BCUT2D eigenvalue weighted by molar-refractivity contribution is 5.75. The van der Waals surface area contributed by atoms with E-state index in [1.54, 1.807) is 7.11 Å². The molecule has 4 nitrogen and oxygen atoms in total. The predicted molar refractivity (Wildman–Crippen MR) is 144 cm³/mol. The molecule has 0 fully saturated rings. The van der Waals surface area contributed by atoms with Crippen molar-refractivity contribution in [2.45, 2.75) is 25.7 Å². The summed E-state index contributed by atoms with van der Waals surface area (Å²) in [6.45, 7) is 5.14. The minimum atomic E-state index is -1.64. The zero-order chi connectivity index (χ0) is 26.5. The van der Waals surface area contributed by atoms with Crippen molar-refractivity contribution in [3.63, 3.8) is 0 Å². The lowest BCUT2D eigenvalue weighted by Gasteiger charge is -2.15. The maximum absolute atomic E-state index is 12.6. The molecule has 196 valence electrons. The Kier molecular flexibility index (Phi) is 11.3. The molecule has 0 aromatic heterocycles. The first kappa shape index (κ1) is 28.1. The van der Waals surface area contributed by atoms with E-state index in [0.717, 1.165) is 51.0 Å². The maximum atomic E-state index is 12.6. The van der Waals surface area contributed by atoms with Crippen LogP contribution in [0.2, 0.25) is 0 Å². The predicted octanol–water partition coefficient (Wildman–Crippen LogP) is 7.47. The van der Waals surface area contributed by atoms with Crippen LogP contribution in [-0.2, 0) is 11.2 Å². The van der Waals surface area contributed by atoms with Crippen LogP contribution in [-0.4, -0.2) is 38.6 Å². The van der Waals surface area contributed by atoms with Crippen molar-refractivity contribution in [2.24, 2.45) is 0 Å². The normalized spacial score (nSPS) is 10.7. The van der Waals surface area contributed by atoms with Crippen LogP contribution >= 0.6 is 0 Å². The minimum Gasteiger partial charge on any atom is -0.493 e. The summed E-state index contributed by atoms with van der Waals surface area (Å²) in [6.07, 6.45) is 1.49. The van der Waals surface area contributed by atoms with Crippen LogP contribution < -0.4 is 9.47 Å². The highest BCUT2D eigenvalue weighted by atomic mass is 19.3. The van der Waals surface area contributed by atoms with E-state index in [-0.39, 0.29) is 6.61 Å². The van der Waals surface area contributed by atoms with Gasteiger partial charge in [-0.15, -0.1) is 0 Å². The lowest BCUT2D eigenvalue weighted by molar-refractivity contribution is 0.146. The second-order valence-electron chi connectivity index (χ2n) is 8.66. The summed E-state index contributed by atoms with van der Waals surface area (Å²) in [5.74, 6) is 1.49. The number of ether oxygens (including phenoxy) is 3. The number of aliphatic hydroxyl groups is 1. The Morgan fingerprint density at radius 2 is 1.54 bits per heavy atom. The highest BCUT2D eigenvalue weighted by Crippen LogP contribution is 2.33. The van der Waals surface area contributed by atoms with Crippen LogP contribution in [0.1, 0.15) is 24.8 Å². The van der Waals surface area contributed by atoms with Crippen molar-refractivity contribution in [3.8, 4) is 33.8 Å². The summed E-state index contributed by atoms with van der Waals surface area (Å²) >= 11 is 0. The summed E-state index contributed by atoms with van der Waals surface area (Å²) in [5, 5.41) is 9.12. The van der Waals surface area contributed by atoms with E-state index < -0.39 is 6.08 Å². The third-order valence-electron chi connectivity index (χ3n) is 5.87. The van der Waals surface area contributed by atoms with Crippen LogP contribution in [0.4, 0.5) is 8.78 Å². The molecule has 0 radical (unpaired) electrons. The summed E-state index contributed by atoms with van der Waals surface area (Å²) in [4.78, 5) is 0. The monoisotopic (exact) mass is 508 g/mol. The smallest absolute Gasteiger partial charge is 0.266 e. The molecule has 0 heterocycles. The van der Waals surface area contributed by atoms with Gasteiger partial charge >= 0.3 is 0 Å². The van der Waals surface area contributed by atoms with Gasteiger partial charge in [0.25, 0.3) is 6.08 Å². The number of hydrogen-bond acceptors (Lipinski definition) is 4. The van der Waals surface area contributed by atoms with E-state index in [1.165, 1.54) is 0 Å². The Morgan fingerprint density at radius 1 is 0.865 bits per heavy atom. The van der Waals surface area contributed by atoms with E-state index in [9.17, 15) is 8.78 Å². The van der Waals surface area contributed by atoms with Crippen LogP contribution in [0.5, 0.6) is 11.5 Å². The molecule has 37 heavy (non-hydrogen) atoms. The van der Waals surface area contributed by atoms with Gasteiger partial charge in [-0.2, -0.15) is 8.78 Å². The van der Waals surface area contributed by atoms with Gasteiger partial charge in [-0.05, 0) is 83.0 Å². The number of hydrogen-bond donors (Lipinski definition) is 1. The molecule has 0 unspecified atom stereocenters. The van der Waals surface area contributed by atoms with Crippen molar-refractivity contribution in [1.82, 2.24) is 0 Å². The first-order chi connectivity index (χ1) is 18.0. The highest BCUT2D eigenvalue weighted by Gasteiger charge is 2.10. The van der Waals surface area contributed by atoms with E-state index >= 15 is 0 Å². The third-order valence-corrected chi connectivity index (χ3v) is 5.87. The van der Waals surface area contributed by atoms with Gasteiger partial charge in [-0.25, -0.2) is 0 Å². The molecule has 0 bridgehead atoms. The molecule has 0 saturated heterocycles. The zero-order valence-electron chi connectivity index (χ0n) is 21.2. The fraction of sp³-hybridized carbons (Fsp3) is 0.290. The average Bonchev–Trinajstić information content (AvgIpc) is 2.91. The topological polar surface area (TPSA) is 47.9 Å².